The summed E-state index contributed by atoms with van der Waals surface area (Å²) in [6.07, 6.45) is -1.39. The van der Waals surface area contributed by atoms with Gasteiger partial charge in [0.1, 0.15) is 32.5 Å². The minimum atomic E-state index is -1.39. The van der Waals surface area contributed by atoms with Crippen LogP contribution in [0, 0.1) is 0 Å². The van der Waals surface area contributed by atoms with E-state index in [9.17, 15) is 33.9 Å². The molecule has 1 atom stereocenters. The first-order valence-electron chi connectivity index (χ1n) is 10.5. The molecule has 12 heteroatoms. The third-order valence-corrected chi connectivity index (χ3v) is 4.73. The number of carbonyl (C=O) groups excluding carboxylic acids is 6. The molecule has 0 fully saturated rings. The lowest BCUT2D eigenvalue weighted by Gasteiger charge is -2.14. The third-order valence-electron chi connectivity index (χ3n) is 4.73. The van der Waals surface area contributed by atoms with E-state index in [0.29, 0.717) is 0 Å². The standard InChI is InChI=1S/C24H25NO11/c1-12(2)21(29)33-6-7-34-23(31)17-8-15-16(20(28)25(5)19(15)27)9-18(17)24(32)36-11-14(26)10-35-22(30)13(3)4/h8-9,14,26H,1,3,6-7,10-11H2,2,4-5H3. The van der Waals surface area contributed by atoms with Crippen molar-refractivity contribution in [3.8, 4) is 0 Å². The predicted octanol–water partition coefficient (Wildman–Crippen LogP) is 0.826. The Bertz CT molecular complexity index is 1150. The molecule has 1 aliphatic rings. The highest BCUT2D eigenvalue weighted by atomic mass is 16.6. The SMILES string of the molecule is C=C(C)C(=O)OCCOC(=O)c1cc2c(cc1C(=O)OCC(O)COC(=O)C(=C)C)C(=O)N(C)C2=O. The minimum absolute atomic E-state index is 0.110. The number of imide groups is 1. The summed E-state index contributed by atoms with van der Waals surface area (Å²) in [6.45, 7) is 7.89. The van der Waals surface area contributed by atoms with Gasteiger partial charge in [0.25, 0.3) is 11.8 Å². The molecule has 0 saturated carbocycles. The van der Waals surface area contributed by atoms with E-state index < -0.39 is 60.6 Å². The fraction of sp³-hybridized carbons (Fsp3) is 0.333. The molecule has 1 unspecified atom stereocenters. The molecular weight excluding hydrogens is 478 g/mol. The van der Waals surface area contributed by atoms with Gasteiger partial charge < -0.3 is 24.1 Å². The number of aliphatic hydroxyl groups is 1. The summed E-state index contributed by atoms with van der Waals surface area (Å²) in [6, 6.07) is 2.05. The minimum Gasteiger partial charge on any atom is -0.459 e. The molecular formula is C24H25NO11. The van der Waals surface area contributed by atoms with Crippen LogP contribution in [-0.2, 0) is 28.5 Å². The van der Waals surface area contributed by atoms with Crippen LogP contribution in [-0.4, -0.2) is 85.3 Å². The molecule has 1 aromatic rings. The Labute approximate surface area is 206 Å². The molecule has 1 aliphatic heterocycles. The number of ether oxygens (including phenoxy) is 4. The van der Waals surface area contributed by atoms with Gasteiger partial charge in [0.05, 0.1) is 22.3 Å². The molecule has 1 aromatic carbocycles. The Morgan fingerprint density at radius 1 is 0.806 bits per heavy atom. The molecule has 36 heavy (non-hydrogen) atoms. The fourth-order valence-electron chi connectivity index (χ4n) is 2.81. The third kappa shape index (κ3) is 6.63. The second-order valence-corrected chi connectivity index (χ2v) is 7.80. The van der Waals surface area contributed by atoms with E-state index in [1.165, 1.54) is 20.9 Å². The number of aliphatic hydroxyl groups excluding tert-OH is 1. The summed E-state index contributed by atoms with van der Waals surface area (Å²) in [5, 5.41) is 9.92. The quantitative estimate of drug-likeness (QED) is 0.150. The van der Waals surface area contributed by atoms with Gasteiger partial charge in [0.2, 0.25) is 0 Å². The van der Waals surface area contributed by atoms with E-state index in [1.807, 2.05) is 0 Å². The van der Waals surface area contributed by atoms with Gasteiger partial charge in [-0.2, -0.15) is 0 Å². The van der Waals surface area contributed by atoms with Crippen molar-refractivity contribution < 1.29 is 52.8 Å². The Morgan fingerprint density at radius 3 is 1.72 bits per heavy atom. The zero-order valence-electron chi connectivity index (χ0n) is 20.0. The first-order valence-corrected chi connectivity index (χ1v) is 10.5. The lowest BCUT2D eigenvalue weighted by atomic mass is 9.99. The molecule has 0 radical (unpaired) electrons. The number of nitrogens with zero attached hydrogens (tertiary/aromatic N) is 1. The topological polar surface area (TPSA) is 163 Å². The summed E-state index contributed by atoms with van der Waals surface area (Å²) in [7, 11) is 1.24. The Kier molecular flexibility index (Phi) is 9.22. The van der Waals surface area contributed by atoms with Crippen LogP contribution in [0.2, 0.25) is 0 Å². The second kappa shape index (κ2) is 11.9. The van der Waals surface area contributed by atoms with E-state index in [1.54, 1.807) is 0 Å². The maximum absolute atomic E-state index is 12.7. The van der Waals surface area contributed by atoms with Crippen molar-refractivity contribution in [2.75, 3.05) is 33.5 Å². The van der Waals surface area contributed by atoms with Crippen LogP contribution in [0.3, 0.4) is 0 Å². The van der Waals surface area contributed by atoms with Gasteiger partial charge in [-0.15, -0.1) is 0 Å². The van der Waals surface area contributed by atoms with Gasteiger partial charge in [-0.1, -0.05) is 13.2 Å². The summed E-state index contributed by atoms with van der Waals surface area (Å²) >= 11 is 0. The highest BCUT2D eigenvalue weighted by Crippen LogP contribution is 2.26. The van der Waals surface area contributed by atoms with Crippen LogP contribution < -0.4 is 0 Å². The zero-order chi connectivity index (χ0) is 27.2. The number of hydrogen-bond donors (Lipinski definition) is 1. The first kappa shape index (κ1) is 27.9. The van der Waals surface area contributed by atoms with Gasteiger partial charge in [-0.05, 0) is 26.0 Å². The van der Waals surface area contributed by atoms with E-state index in [2.05, 4.69) is 13.2 Å². The van der Waals surface area contributed by atoms with E-state index in [0.717, 1.165) is 17.0 Å². The summed E-state index contributed by atoms with van der Waals surface area (Å²) in [4.78, 5) is 73.7. The van der Waals surface area contributed by atoms with Gasteiger partial charge in [-0.3, -0.25) is 14.5 Å². The molecule has 0 aromatic heterocycles. The van der Waals surface area contributed by atoms with Crippen LogP contribution in [0.4, 0.5) is 0 Å². The van der Waals surface area contributed by atoms with E-state index in [-0.39, 0.29) is 41.1 Å². The van der Waals surface area contributed by atoms with Gasteiger partial charge in [0.15, 0.2) is 0 Å². The molecule has 12 nitrogen and oxygen atoms in total. The van der Waals surface area contributed by atoms with E-state index in [4.69, 9.17) is 18.9 Å². The van der Waals surface area contributed by atoms with Crippen molar-refractivity contribution >= 4 is 35.7 Å². The molecule has 1 heterocycles. The molecule has 0 aliphatic carbocycles. The van der Waals surface area contributed by atoms with Gasteiger partial charge in [-0.25, -0.2) is 19.2 Å². The van der Waals surface area contributed by atoms with Crippen LogP contribution in [0.1, 0.15) is 55.3 Å². The summed E-state index contributed by atoms with van der Waals surface area (Å²) in [5.41, 5.74) is -0.776. The van der Waals surface area contributed by atoms with Gasteiger partial charge in [0, 0.05) is 18.2 Å². The van der Waals surface area contributed by atoms with Crippen molar-refractivity contribution in [1.29, 1.82) is 0 Å². The van der Waals surface area contributed by atoms with Crippen LogP contribution in [0.5, 0.6) is 0 Å². The highest BCUT2D eigenvalue weighted by molar-refractivity contribution is 6.23. The first-order chi connectivity index (χ1) is 16.8. The van der Waals surface area contributed by atoms with Crippen LogP contribution >= 0.6 is 0 Å². The Morgan fingerprint density at radius 2 is 1.22 bits per heavy atom. The van der Waals surface area contributed by atoms with Crippen molar-refractivity contribution in [3.05, 3.63) is 58.7 Å². The highest BCUT2D eigenvalue weighted by Gasteiger charge is 2.36. The second-order valence-electron chi connectivity index (χ2n) is 7.80. The molecule has 2 amide bonds. The molecule has 1 N–H and O–H groups in total. The molecule has 0 bridgehead atoms. The Balaban J connectivity index is 2.19. The number of rotatable bonds is 11. The average Bonchev–Trinajstić information content (AvgIpc) is 3.05. The zero-order valence-corrected chi connectivity index (χ0v) is 20.0. The van der Waals surface area contributed by atoms with E-state index >= 15 is 0 Å². The number of hydrogen-bond acceptors (Lipinski definition) is 11. The Hall–Kier alpha value is -4.32. The lowest BCUT2D eigenvalue weighted by molar-refractivity contribution is -0.142. The van der Waals surface area contributed by atoms with Crippen LogP contribution in [0.15, 0.2) is 36.4 Å². The maximum Gasteiger partial charge on any atom is 0.339 e. The molecule has 192 valence electrons. The number of fused-ring (bicyclic) bond motifs is 1. The largest absolute Gasteiger partial charge is 0.459 e. The average molecular weight is 503 g/mol. The smallest absolute Gasteiger partial charge is 0.339 e. The maximum atomic E-state index is 12.7. The van der Waals surface area contributed by atoms with Crippen molar-refractivity contribution in [2.45, 2.75) is 20.0 Å². The van der Waals surface area contributed by atoms with Gasteiger partial charge >= 0.3 is 23.9 Å². The van der Waals surface area contributed by atoms with Crippen molar-refractivity contribution in [3.63, 3.8) is 0 Å². The van der Waals surface area contributed by atoms with Crippen molar-refractivity contribution in [1.82, 2.24) is 4.90 Å². The summed E-state index contributed by atoms with van der Waals surface area (Å²) < 4.78 is 19.6. The monoisotopic (exact) mass is 503 g/mol. The molecule has 0 spiro atoms. The van der Waals surface area contributed by atoms with Crippen molar-refractivity contribution in [2.24, 2.45) is 0 Å². The number of benzene rings is 1. The number of amides is 2. The summed E-state index contributed by atoms with van der Waals surface area (Å²) in [5.74, 6) is -4.98. The number of carbonyl (C=O) groups is 6. The number of esters is 4. The normalized spacial score (nSPS) is 12.9. The fourth-order valence-corrected chi connectivity index (χ4v) is 2.81. The van der Waals surface area contributed by atoms with Crippen LogP contribution in [0.25, 0.3) is 0 Å². The molecule has 0 saturated heterocycles. The predicted molar refractivity (Wildman–Crippen MR) is 121 cm³/mol. The lowest BCUT2D eigenvalue weighted by Crippen LogP contribution is -2.26. The molecule has 2 rings (SSSR count).